The molecule has 0 atom stereocenters. The minimum Gasteiger partial charge on any atom is -0.454 e. The molecule has 5 heteroatoms. The summed E-state index contributed by atoms with van der Waals surface area (Å²) in [4.78, 5) is 24.5. The van der Waals surface area contributed by atoms with Crippen LogP contribution in [-0.4, -0.2) is 22.9 Å². The molecule has 0 N–H and O–H groups in total. The average molecular weight is 351 g/mol. The Balaban J connectivity index is 1.77. The summed E-state index contributed by atoms with van der Waals surface area (Å²) < 4.78 is 12.3. The molecule has 3 rings (SSSR count). The molecular formula is C21H21NO4. The van der Waals surface area contributed by atoms with E-state index >= 15 is 0 Å². The second kappa shape index (κ2) is 7.04. The van der Waals surface area contributed by atoms with E-state index in [1.54, 1.807) is 13.0 Å². The van der Waals surface area contributed by atoms with Crippen LogP contribution in [0.25, 0.3) is 5.69 Å². The highest BCUT2D eigenvalue weighted by Gasteiger charge is 2.19. The van der Waals surface area contributed by atoms with Gasteiger partial charge in [-0.15, -0.1) is 0 Å². The summed E-state index contributed by atoms with van der Waals surface area (Å²) >= 11 is 0. The van der Waals surface area contributed by atoms with Crippen LogP contribution in [0.1, 0.15) is 43.6 Å². The molecule has 5 nitrogen and oxygen atoms in total. The summed E-state index contributed by atoms with van der Waals surface area (Å²) in [5.74, 6) is -0.169. The van der Waals surface area contributed by atoms with Gasteiger partial charge in [0, 0.05) is 22.6 Å². The van der Waals surface area contributed by atoms with Crippen molar-refractivity contribution in [2.75, 3.05) is 6.61 Å². The molecule has 0 aliphatic carbocycles. The molecule has 2 heterocycles. The third kappa shape index (κ3) is 3.47. The summed E-state index contributed by atoms with van der Waals surface area (Å²) in [7, 11) is 0. The van der Waals surface area contributed by atoms with E-state index in [1.165, 1.54) is 11.6 Å². The molecule has 0 radical (unpaired) electrons. The molecule has 0 bridgehead atoms. The van der Waals surface area contributed by atoms with Crippen LogP contribution in [0.5, 0.6) is 0 Å². The predicted molar refractivity (Wildman–Crippen MR) is 98.0 cm³/mol. The fraction of sp³-hybridized carbons (Fsp3) is 0.238. The van der Waals surface area contributed by atoms with Crippen molar-refractivity contribution in [3.05, 3.63) is 76.5 Å². The third-order valence-corrected chi connectivity index (χ3v) is 4.30. The van der Waals surface area contributed by atoms with Crippen LogP contribution in [-0.2, 0) is 4.74 Å². The first-order valence-corrected chi connectivity index (χ1v) is 8.39. The van der Waals surface area contributed by atoms with E-state index in [2.05, 4.69) is 0 Å². The van der Waals surface area contributed by atoms with Crippen molar-refractivity contribution in [1.29, 1.82) is 0 Å². The number of aryl methyl sites for hydroxylation is 3. The van der Waals surface area contributed by atoms with Gasteiger partial charge in [-0.3, -0.25) is 4.79 Å². The largest absolute Gasteiger partial charge is 0.454 e. The fourth-order valence-corrected chi connectivity index (χ4v) is 2.96. The Bertz CT molecular complexity index is 961. The second-order valence-corrected chi connectivity index (χ2v) is 6.37. The maximum absolute atomic E-state index is 12.5. The van der Waals surface area contributed by atoms with Crippen LogP contribution in [0.4, 0.5) is 0 Å². The minimum absolute atomic E-state index is 0.0976. The van der Waals surface area contributed by atoms with Crippen molar-refractivity contribution >= 4 is 11.8 Å². The quantitative estimate of drug-likeness (QED) is 0.507. The number of nitrogens with zero attached hydrogens (tertiary/aromatic N) is 1. The normalized spacial score (nSPS) is 10.8. The van der Waals surface area contributed by atoms with E-state index in [0.29, 0.717) is 11.3 Å². The van der Waals surface area contributed by atoms with Gasteiger partial charge in [-0.2, -0.15) is 0 Å². The number of carbonyl (C=O) groups is 2. The lowest BCUT2D eigenvalue weighted by molar-refractivity contribution is 0.0442. The fourth-order valence-electron chi connectivity index (χ4n) is 2.96. The van der Waals surface area contributed by atoms with E-state index in [0.717, 1.165) is 17.1 Å². The van der Waals surface area contributed by atoms with Crippen LogP contribution in [0.3, 0.4) is 0 Å². The number of esters is 1. The standard InChI is InChI=1S/C21H21NO4/c1-13-5-8-17(9-6-13)22-14(2)11-18(16(22)4)19(23)12-25-21(24)20-10-7-15(3)26-20/h5-11H,12H2,1-4H3. The SMILES string of the molecule is Cc1ccc(-n2c(C)cc(C(=O)COC(=O)c3ccc(C)o3)c2C)cc1. The lowest BCUT2D eigenvalue weighted by atomic mass is 10.1. The van der Waals surface area contributed by atoms with E-state index < -0.39 is 5.97 Å². The number of carbonyl (C=O) groups excluding carboxylic acids is 2. The van der Waals surface area contributed by atoms with Crippen LogP contribution >= 0.6 is 0 Å². The van der Waals surface area contributed by atoms with Gasteiger partial charge in [-0.05, 0) is 58.0 Å². The predicted octanol–water partition coefficient (Wildman–Crippen LogP) is 4.34. The van der Waals surface area contributed by atoms with E-state index in [4.69, 9.17) is 9.15 Å². The highest BCUT2D eigenvalue weighted by Crippen LogP contribution is 2.22. The highest BCUT2D eigenvalue weighted by molar-refractivity contribution is 6.00. The van der Waals surface area contributed by atoms with Gasteiger partial charge in [0.1, 0.15) is 5.76 Å². The molecular weight excluding hydrogens is 330 g/mol. The van der Waals surface area contributed by atoms with Gasteiger partial charge in [0.15, 0.2) is 6.61 Å². The van der Waals surface area contributed by atoms with Crippen molar-refractivity contribution < 1.29 is 18.7 Å². The number of furan rings is 1. The zero-order valence-corrected chi connectivity index (χ0v) is 15.3. The number of hydrogen-bond acceptors (Lipinski definition) is 4. The smallest absolute Gasteiger partial charge is 0.374 e. The maximum atomic E-state index is 12.5. The molecule has 1 aromatic carbocycles. The Morgan fingerprint density at radius 2 is 1.69 bits per heavy atom. The Morgan fingerprint density at radius 1 is 1.00 bits per heavy atom. The van der Waals surface area contributed by atoms with Crippen LogP contribution in [0, 0.1) is 27.7 Å². The molecule has 0 saturated carbocycles. The van der Waals surface area contributed by atoms with Gasteiger partial charge >= 0.3 is 5.97 Å². The number of rotatable bonds is 5. The maximum Gasteiger partial charge on any atom is 0.374 e. The molecule has 0 fully saturated rings. The highest BCUT2D eigenvalue weighted by atomic mass is 16.5. The Morgan fingerprint density at radius 3 is 2.31 bits per heavy atom. The van der Waals surface area contributed by atoms with Crippen molar-refractivity contribution in [3.8, 4) is 5.69 Å². The summed E-state index contributed by atoms with van der Waals surface area (Å²) in [5.41, 5.74) is 4.48. The van der Waals surface area contributed by atoms with Gasteiger partial charge in [0.25, 0.3) is 0 Å². The van der Waals surface area contributed by atoms with Crippen LogP contribution in [0.15, 0.2) is 46.9 Å². The van der Waals surface area contributed by atoms with Crippen molar-refractivity contribution in [3.63, 3.8) is 0 Å². The number of ketones is 1. The van der Waals surface area contributed by atoms with Crippen molar-refractivity contribution in [1.82, 2.24) is 4.57 Å². The molecule has 3 aromatic rings. The van der Waals surface area contributed by atoms with E-state index in [1.807, 2.05) is 55.7 Å². The molecule has 2 aromatic heterocycles. The lowest BCUT2D eigenvalue weighted by Gasteiger charge is -2.10. The molecule has 0 amide bonds. The van der Waals surface area contributed by atoms with Gasteiger partial charge in [-0.25, -0.2) is 4.79 Å². The first-order chi connectivity index (χ1) is 12.4. The molecule has 0 spiro atoms. The van der Waals surface area contributed by atoms with Gasteiger partial charge < -0.3 is 13.7 Å². The lowest BCUT2D eigenvalue weighted by Crippen LogP contribution is -2.14. The minimum atomic E-state index is -0.640. The van der Waals surface area contributed by atoms with Gasteiger partial charge in [0.2, 0.25) is 11.5 Å². The zero-order chi connectivity index (χ0) is 18.8. The number of hydrogen-bond donors (Lipinski definition) is 0. The zero-order valence-electron chi connectivity index (χ0n) is 15.3. The van der Waals surface area contributed by atoms with E-state index in [-0.39, 0.29) is 18.2 Å². The van der Waals surface area contributed by atoms with Crippen molar-refractivity contribution in [2.45, 2.75) is 27.7 Å². The van der Waals surface area contributed by atoms with E-state index in [9.17, 15) is 9.59 Å². The number of ether oxygens (including phenoxy) is 1. The molecule has 0 saturated heterocycles. The molecule has 0 unspecified atom stereocenters. The molecule has 0 aliphatic rings. The Hall–Kier alpha value is -3.08. The monoisotopic (exact) mass is 351 g/mol. The molecule has 0 aliphatic heterocycles. The Kier molecular flexibility index (Phi) is 4.80. The summed E-state index contributed by atoms with van der Waals surface area (Å²) in [6.45, 7) is 7.28. The second-order valence-electron chi connectivity index (χ2n) is 6.37. The summed E-state index contributed by atoms with van der Waals surface area (Å²) in [6, 6.07) is 13.1. The number of Topliss-reactive ketones (excluding diaryl/α,β-unsaturated/α-hetero) is 1. The van der Waals surface area contributed by atoms with Crippen LogP contribution in [0.2, 0.25) is 0 Å². The number of aromatic nitrogens is 1. The summed E-state index contributed by atoms with van der Waals surface area (Å²) in [5, 5.41) is 0. The average Bonchev–Trinajstić information content (AvgIpc) is 3.17. The van der Waals surface area contributed by atoms with Crippen molar-refractivity contribution in [2.24, 2.45) is 0 Å². The molecule has 134 valence electrons. The first kappa shape index (κ1) is 17.7. The molecule has 26 heavy (non-hydrogen) atoms. The van der Waals surface area contributed by atoms with Crippen LogP contribution < -0.4 is 0 Å². The van der Waals surface area contributed by atoms with Gasteiger partial charge in [-0.1, -0.05) is 17.7 Å². The van der Waals surface area contributed by atoms with Gasteiger partial charge in [0.05, 0.1) is 0 Å². The topological polar surface area (TPSA) is 61.4 Å². The first-order valence-electron chi connectivity index (χ1n) is 8.39. The third-order valence-electron chi connectivity index (χ3n) is 4.30. The Labute approximate surface area is 152 Å². The number of benzene rings is 1. The summed E-state index contributed by atoms with van der Waals surface area (Å²) in [6.07, 6.45) is 0.